The third kappa shape index (κ3) is 4.34. The molecule has 0 aliphatic carbocycles. The van der Waals surface area contributed by atoms with Gasteiger partial charge in [-0.25, -0.2) is 4.68 Å². The first-order chi connectivity index (χ1) is 10.8. The number of para-hydroxylation sites is 1. The van der Waals surface area contributed by atoms with Gasteiger partial charge in [-0.2, -0.15) is 5.10 Å². The van der Waals surface area contributed by atoms with E-state index in [1.165, 1.54) is 5.56 Å². The minimum absolute atomic E-state index is 0.0276. The van der Waals surface area contributed by atoms with Crippen molar-refractivity contribution in [2.24, 2.45) is 4.99 Å². The van der Waals surface area contributed by atoms with Crippen LogP contribution in [-0.2, 0) is 6.54 Å². The number of nitrogens with one attached hydrogen (secondary N) is 2. The molecule has 5 nitrogen and oxygen atoms in total. The van der Waals surface area contributed by atoms with E-state index in [1.807, 2.05) is 29.8 Å². The normalized spacial score (nSPS) is 12.3. The molecule has 0 atom stereocenters. The van der Waals surface area contributed by atoms with Crippen LogP contribution in [-0.4, -0.2) is 28.3 Å². The summed E-state index contributed by atoms with van der Waals surface area (Å²) >= 11 is 0. The van der Waals surface area contributed by atoms with Crippen molar-refractivity contribution in [3.8, 4) is 5.69 Å². The summed E-state index contributed by atoms with van der Waals surface area (Å²) in [7, 11) is 1.79. The van der Waals surface area contributed by atoms with E-state index in [-0.39, 0.29) is 5.54 Å². The van der Waals surface area contributed by atoms with E-state index in [1.54, 1.807) is 7.05 Å². The smallest absolute Gasteiger partial charge is 0.191 e. The molecule has 1 aromatic heterocycles. The Balaban J connectivity index is 2.17. The molecule has 0 aliphatic heterocycles. The van der Waals surface area contributed by atoms with Crippen molar-refractivity contribution in [2.45, 2.75) is 46.7 Å². The molecule has 124 valence electrons. The van der Waals surface area contributed by atoms with Gasteiger partial charge in [0.1, 0.15) is 0 Å². The molecule has 1 aromatic carbocycles. The largest absolute Gasteiger partial charge is 0.352 e. The van der Waals surface area contributed by atoms with Crippen LogP contribution in [0.3, 0.4) is 0 Å². The first kappa shape index (κ1) is 17.1. The lowest BCUT2D eigenvalue weighted by Gasteiger charge is -2.23. The van der Waals surface area contributed by atoms with Gasteiger partial charge >= 0.3 is 0 Å². The summed E-state index contributed by atoms with van der Waals surface area (Å²) in [6.45, 7) is 11.2. The molecule has 0 aliphatic rings. The van der Waals surface area contributed by atoms with Gasteiger partial charge in [0.05, 0.1) is 11.4 Å². The second-order valence-corrected chi connectivity index (χ2v) is 6.70. The van der Waals surface area contributed by atoms with Crippen LogP contribution in [0.4, 0.5) is 0 Å². The van der Waals surface area contributed by atoms with Crippen molar-refractivity contribution in [1.82, 2.24) is 20.4 Å². The minimum atomic E-state index is -0.0276. The molecule has 0 unspecified atom stereocenters. The van der Waals surface area contributed by atoms with Gasteiger partial charge in [0, 0.05) is 30.4 Å². The summed E-state index contributed by atoms with van der Waals surface area (Å²) in [4.78, 5) is 4.28. The van der Waals surface area contributed by atoms with Crippen molar-refractivity contribution in [3.63, 3.8) is 0 Å². The van der Waals surface area contributed by atoms with Crippen molar-refractivity contribution < 1.29 is 0 Å². The van der Waals surface area contributed by atoms with Crippen LogP contribution in [0.5, 0.6) is 0 Å². The number of aryl methyl sites for hydroxylation is 1. The summed E-state index contributed by atoms with van der Waals surface area (Å²) in [6, 6.07) is 10.2. The van der Waals surface area contributed by atoms with Gasteiger partial charge in [-0.15, -0.1) is 0 Å². The zero-order valence-corrected chi connectivity index (χ0v) is 14.9. The number of hydrogen-bond donors (Lipinski definition) is 2. The summed E-state index contributed by atoms with van der Waals surface area (Å²) in [5.74, 6) is 0.795. The van der Waals surface area contributed by atoms with Crippen LogP contribution in [0.15, 0.2) is 35.3 Å². The molecule has 0 bridgehead atoms. The lowest BCUT2D eigenvalue weighted by atomic mass is 10.1. The first-order valence-corrected chi connectivity index (χ1v) is 7.91. The average molecular weight is 313 g/mol. The van der Waals surface area contributed by atoms with Crippen LogP contribution < -0.4 is 10.6 Å². The molecule has 0 amide bonds. The number of aliphatic imine (C=N–C) groups is 1. The Morgan fingerprint density at radius 2 is 1.83 bits per heavy atom. The topological polar surface area (TPSA) is 54.2 Å². The standard InChI is InChI=1S/C18H27N5/c1-13-16(12-20-17(19-6)21-18(3,4)5)14(2)23(22-13)15-10-8-7-9-11-15/h7-11H,12H2,1-6H3,(H2,19,20,21). The first-order valence-electron chi connectivity index (χ1n) is 7.91. The Bertz CT molecular complexity index is 677. The Hall–Kier alpha value is -2.30. The zero-order valence-electron chi connectivity index (χ0n) is 14.9. The monoisotopic (exact) mass is 313 g/mol. The van der Waals surface area contributed by atoms with Crippen LogP contribution in [0, 0.1) is 13.8 Å². The van der Waals surface area contributed by atoms with Gasteiger partial charge in [0.25, 0.3) is 0 Å². The summed E-state index contributed by atoms with van der Waals surface area (Å²) in [5, 5.41) is 11.4. The molecule has 1 heterocycles. The van der Waals surface area contributed by atoms with Gasteiger partial charge in [-0.1, -0.05) is 18.2 Å². The van der Waals surface area contributed by atoms with Crippen LogP contribution in [0.2, 0.25) is 0 Å². The van der Waals surface area contributed by atoms with Gasteiger partial charge in [-0.05, 0) is 46.8 Å². The van der Waals surface area contributed by atoms with Crippen molar-refractivity contribution >= 4 is 5.96 Å². The van der Waals surface area contributed by atoms with E-state index in [2.05, 4.69) is 60.6 Å². The number of guanidine groups is 1. The third-order valence-corrected chi connectivity index (χ3v) is 3.59. The number of benzene rings is 1. The number of nitrogens with zero attached hydrogens (tertiary/aromatic N) is 3. The van der Waals surface area contributed by atoms with Crippen molar-refractivity contribution in [1.29, 1.82) is 0 Å². The summed E-state index contributed by atoms with van der Waals surface area (Å²) in [5.41, 5.74) is 4.43. The predicted molar refractivity (Wildman–Crippen MR) is 96.1 cm³/mol. The maximum absolute atomic E-state index is 4.68. The Kier molecular flexibility index (Phi) is 5.08. The lowest BCUT2D eigenvalue weighted by molar-refractivity contribution is 0.501. The molecular formula is C18H27N5. The lowest BCUT2D eigenvalue weighted by Crippen LogP contribution is -2.47. The fraction of sp³-hybridized carbons (Fsp3) is 0.444. The van der Waals surface area contributed by atoms with Gasteiger partial charge < -0.3 is 10.6 Å². The van der Waals surface area contributed by atoms with Crippen molar-refractivity contribution in [2.75, 3.05) is 7.05 Å². The fourth-order valence-corrected chi connectivity index (χ4v) is 2.46. The number of hydrogen-bond acceptors (Lipinski definition) is 2. The Morgan fingerprint density at radius 1 is 1.17 bits per heavy atom. The molecule has 23 heavy (non-hydrogen) atoms. The predicted octanol–water partition coefficient (Wildman–Crippen LogP) is 2.95. The van der Waals surface area contributed by atoms with Gasteiger partial charge in [0.2, 0.25) is 0 Å². The molecule has 0 spiro atoms. The highest BCUT2D eigenvalue weighted by Crippen LogP contribution is 2.17. The quantitative estimate of drug-likeness (QED) is 0.676. The molecule has 0 saturated carbocycles. The highest BCUT2D eigenvalue weighted by atomic mass is 15.3. The van der Waals surface area contributed by atoms with Gasteiger partial charge in [-0.3, -0.25) is 4.99 Å². The fourth-order valence-electron chi connectivity index (χ4n) is 2.46. The van der Waals surface area contributed by atoms with E-state index >= 15 is 0 Å². The maximum Gasteiger partial charge on any atom is 0.191 e. The maximum atomic E-state index is 4.68. The third-order valence-electron chi connectivity index (χ3n) is 3.59. The summed E-state index contributed by atoms with van der Waals surface area (Å²) in [6.07, 6.45) is 0. The molecule has 2 N–H and O–H groups in total. The molecule has 2 aromatic rings. The second kappa shape index (κ2) is 6.86. The molecule has 0 fully saturated rings. The van der Waals surface area contributed by atoms with E-state index in [9.17, 15) is 0 Å². The number of aromatic nitrogens is 2. The van der Waals surface area contributed by atoms with E-state index < -0.39 is 0 Å². The van der Waals surface area contributed by atoms with E-state index in [0.717, 1.165) is 23.0 Å². The second-order valence-electron chi connectivity index (χ2n) is 6.70. The Morgan fingerprint density at radius 3 is 2.39 bits per heavy atom. The molecular weight excluding hydrogens is 286 g/mol. The summed E-state index contributed by atoms with van der Waals surface area (Å²) < 4.78 is 1.99. The van der Waals surface area contributed by atoms with Crippen LogP contribution in [0.1, 0.15) is 37.7 Å². The Labute approximate surface area is 138 Å². The van der Waals surface area contributed by atoms with E-state index in [4.69, 9.17) is 0 Å². The molecule has 2 rings (SSSR count). The molecule has 5 heteroatoms. The number of rotatable bonds is 3. The van der Waals surface area contributed by atoms with Crippen molar-refractivity contribution in [3.05, 3.63) is 47.3 Å². The van der Waals surface area contributed by atoms with Gasteiger partial charge in [0.15, 0.2) is 5.96 Å². The molecule has 0 saturated heterocycles. The van der Waals surface area contributed by atoms with Crippen LogP contribution in [0.25, 0.3) is 5.69 Å². The highest BCUT2D eigenvalue weighted by Gasteiger charge is 2.15. The zero-order chi connectivity index (χ0) is 17.0. The van der Waals surface area contributed by atoms with Crippen LogP contribution >= 0.6 is 0 Å². The SMILES string of the molecule is CN=C(NCc1c(C)nn(-c2ccccc2)c1C)NC(C)(C)C. The van der Waals surface area contributed by atoms with E-state index in [0.29, 0.717) is 6.54 Å². The minimum Gasteiger partial charge on any atom is -0.352 e. The highest BCUT2D eigenvalue weighted by molar-refractivity contribution is 5.80. The average Bonchev–Trinajstić information content (AvgIpc) is 2.78. The molecule has 0 radical (unpaired) electrons.